The Labute approximate surface area is 161 Å². The van der Waals surface area contributed by atoms with Crippen molar-refractivity contribution in [2.45, 2.75) is 33.3 Å². The molecule has 0 atom stereocenters. The Bertz CT molecular complexity index is 773. The fraction of sp³-hybridized carbons (Fsp3) is 0.409. The summed E-state index contributed by atoms with van der Waals surface area (Å²) in [5, 5.41) is 2.77. The van der Waals surface area contributed by atoms with Gasteiger partial charge in [-0.1, -0.05) is 12.1 Å². The molecule has 1 saturated heterocycles. The quantitative estimate of drug-likeness (QED) is 0.856. The van der Waals surface area contributed by atoms with Crippen molar-refractivity contribution in [2.75, 3.05) is 41.3 Å². The highest BCUT2D eigenvalue weighted by molar-refractivity contribution is 5.85. The first-order valence-corrected chi connectivity index (χ1v) is 9.47. The van der Waals surface area contributed by atoms with E-state index in [0.29, 0.717) is 0 Å². The standard InChI is InChI=1S/C22H29N3O2/c1-17-6-5-7-20(16-17)25-14-12-24(13-15-25)19-10-8-18(9-11-19)23-21(26)27-22(2,3)4/h5-11,16H,12-15H2,1-4H3,(H,23,26). The monoisotopic (exact) mass is 367 g/mol. The van der Waals surface area contributed by atoms with Gasteiger partial charge in [0.05, 0.1) is 0 Å². The third-order valence-corrected chi connectivity index (χ3v) is 4.52. The zero-order chi connectivity index (χ0) is 19.4. The average molecular weight is 367 g/mol. The van der Waals surface area contributed by atoms with E-state index in [1.165, 1.54) is 16.9 Å². The van der Waals surface area contributed by atoms with Crippen LogP contribution in [0.2, 0.25) is 0 Å². The fourth-order valence-electron chi connectivity index (χ4n) is 3.22. The third-order valence-electron chi connectivity index (χ3n) is 4.52. The maximum Gasteiger partial charge on any atom is 0.412 e. The molecule has 0 aliphatic carbocycles. The number of piperazine rings is 1. The van der Waals surface area contributed by atoms with Gasteiger partial charge in [0.2, 0.25) is 0 Å². The molecule has 27 heavy (non-hydrogen) atoms. The van der Waals surface area contributed by atoms with Gasteiger partial charge in [-0.25, -0.2) is 4.79 Å². The number of benzene rings is 2. The predicted molar refractivity (Wildman–Crippen MR) is 112 cm³/mol. The number of hydrogen-bond acceptors (Lipinski definition) is 4. The molecule has 0 aromatic heterocycles. The van der Waals surface area contributed by atoms with Gasteiger partial charge in [-0.2, -0.15) is 0 Å². The number of nitrogens with zero attached hydrogens (tertiary/aromatic N) is 2. The van der Waals surface area contributed by atoms with Crippen molar-refractivity contribution in [2.24, 2.45) is 0 Å². The topological polar surface area (TPSA) is 44.8 Å². The summed E-state index contributed by atoms with van der Waals surface area (Å²) < 4.78 is 5.28. The Kier molecular flexibility index (Phi) is 5.59. The van der Waals surface area contributed by atoms with Gasteiger partial charge >= 0.3 is 6.09 Å². The van der Waals surface area contributed by atoms with Crippen LogP contribution in [0.15, 0.2) is 48.5 Å². The van der Waals surface area contributed by atoms with Crippen LogP contribution in [0.5, 0.6) is 0 Å². The van der Waals surface area contributed by atoms with E-state index in [-0.39, 0.29) is 0 Å². The minimum Gasteiger partial charge on any atom is -0.444 e. The first-order valence-electron chi connectivity index (χ1n) is 9.47. The Hall–Kier alpha value is -2.69. The van der Waals surface area contributed by atoms with E-state index in [4.69, 9.17) is 4.74 Å². The summed E-state index contributed by atoms with van der Waals surface area (Å²) in [4.78, 5) is 16.7. The van der Waals surface area contributed by atoms with Crippen LogP contribution < -0.4 is 15.1 Å². The lowest BCUT2D eigenvalue weighted by molar-refractivity contribution is 0.0636. The highest BCUT2D eigenvalue weighted by Gasteiger charge is 2.18. The van der Waals surface area contributed by atoms with E-state index >= 15 is 0 Å². The Morgan fingerprint density at radius 2 is 1.52 bits per heavy atom. The van der Waals surface area contributed by atoms with Crippen molar-refractivity contribution >= 4 is 23.2 Å². The smallest absolute Gasteiger partial charge is 0.412 e. The second kappa shape index (κ2) is 7.91. The van der Waals surface area contributed by atoms with E-state index in [9.17, 15) is 4.79 Å². The van der Waals surface area contributed by atoms with Gasteiger partial charge in [-0.15, -0.1) is 0 Å². The van der Waals surface area contributed by atoms with Crippen molar-refractivity contribution in [3.05, 3.63) is 54.1 Å². The molecule has 1 N–H and O–H groups in total. The Balaban J connectivity index is 1.55. The lowest BCUT2D eigenvalue weighted by atomic mass is 10.2. The van der Waals surface area contributed by atoms with Crippen LogP contribution in [-0.4, -0.2) is 37.9 Å². The van der Waals surface area contributed by atoms with E-state index < -0.39 is 11.7 Å². The summed E-state index contributed by atoms with van der Waals surface area (Å²) in [6.45, 7) is 11.7. The minimum absolute atomic E-state index is 0.429. The molecule has 3 rings (SSSR count). The van der Waals surface area contributed by atoms with Gasteiger partial charge in [0.25, 0.3) is 0 Å². The van der Waals surface area contributed by atoms with E-state index in [2.05, 4.69) is 58.4 Å². The zero-order valence-electron chi connectivity index (χ0n) is 16.7. The van der Waals surface area contributed by atoms with Crippen LogP contribution in [0.4, 0.5) is 21.9 Å². The number of carbonyl (C=O) groups excluding carboxylic acids is 1. The van der Waals surface area contributed by atoms with Crippen LogP contribution in [0.3, 0.4) is 0 Å². The van der Waals surface area contributed by atoms with Gasteiger partial charge in [-0.05, 0) is 69.7 Å². The molecule has 1 heterocycles. The SMILES string of the molecule is Cc1cccc(N2CCN(c3ccc(NC(=O)OC(C)(C)C)cc3)CC2)c1. The molecule has 144 valence electrons. The Morgan fingerprint density at radius 3 is 2.07 bits per heavy atom. The van der Waals surface area contributed by atoms with Gasteiger partial charge in [0.1, 0.15) is 5.60 Å². The van der Waals surface area contributed by atoms with Gasteiger partial charge in [0, 0.05) is 43.2 Å². The molecule has 0 spiro atoms. The van der Waals surface area contributed by atoms with Gasteiger partial charge in [-0.3, -0.25) is 5.32 Å². The molecule has 1 aliphatic rings. The average Bonchev–Trinajstić information content (AvgIpc) is 2.61. The second-order valence-electron chi connectivity index (χ2n) is 7.99. The number of anilines is 3. The fourth-order valence-corrected chi connectivity index (χ4v) is 3.22. The number of ether oxygens (including phenoxy) is 1. The molecule has 1 fully saturated rings. The number of carbonyl (C=O) groups is 1. The molecule has 1 aliphatic heterocycles. The van der Waals surface area contributed by atoms with Crippen molar-refractivity contribution in [3.8, 4) is 0 Å². The Morgan fingerprint density at radius 1 is 0.926 bits per heavy atom. The lowest BCUT2D eigenvalue weighted by Gasteiger charge is -2.37. The molecule has 5 nitrogen and oxygen atoms in total. The van der Waals surface area contributed by atoms with Gasteiger partial charge in [0.15, 0.2) is 0 Å². The maximum atomic E-state index is 11.9. The zero-order valence-corrected chi connectivity index (χ0v) is 16.7. The van der Waals surface area contributed by atoms with Crippen LogP contribution >= 0.6 is 0 Å². The summed E-state index contributed by atoms with van der Waals surface area (Å²) in [7, 11) is 0. The largest absolute Gasteiger partial charge is 0.444 e. The normalized spacial score (nSPS) is 14.8. The molecule has 2 aromatic carbocycles. The van der Waals surface area contributed by atoms with E-state index in [1.807, 2.05) is 32.9 Å². The lowest BCUT2D eigenvalue weighted by Crippen LogP contribution is -2.46. The van der Waals surface area contributed by atoms with Crippen molar-refractivity contribution in [1.29, 1.82) is 0 Å². The van der Waals surface area contributed by atoms with Crippen molar-refractivity contribution < 1.29 is 9.53 Å². The van der Waals surface area contributed by atoms with Crippen LogP contribution in [-0.2, 0) is 4.74 Å². The number of hydrogen-bond donors (Lipinski definition) is 1. The molecule has 0 bridgehead atoms. The highest BCUT2D eigenvalue weighted by Crippen LogP contribution is 2.23. The molecule has 1 amide bonds. The molecule has 0 saturated carbocycles. The molecule has 0 unspecified atom stereocenters. The number of amides is 1. The number of nitrogens with one attached hydrogen (secondary N) is 1. The van der Waals surface area contributed by atoms with Crippen LogP contribution in [0.1, 0.15) is 26.3 Å². The third kappa shape index (κ3) is 5.39. The molecule has 2 aromatic rings. The first-order chi connectivity index (χ1) is 12.8. The summed E-state index contributed by atoms with van der Waals surface area (Å²) in [6, 6.07) is 16.6. The highest BCUT2D eigenvalue weighted by atomic mass is 16.6. The minimum atomic E-state index is -0.499. The second-order valence-corrected chi connectivity index (χ2v) is 7.99. The maximum absolute atomic E-state index is 11.9. The predicted octanol–water partition coefficient (Wildman–Crippen LogP) is 4.67. The summed E-state index contributed by atoms with van der Waals surface area (Å²) in [5.74, 6) is 0. The number of aryl methyl sites for hydroxylation is 1. The molecular formula is C22H29N3O2. The summed E-state index contributed by atoms with van der Waals surface area (Å²) in [6.07, 6.45) is -0.429. The first kappa shape index (κ1) is 19.1. The molecular weight excluding hydrogens is 338 g/mol. The number of rotatable bonds is 3. The van der Waals surface area contributed by atoms with Crippen LogP contribution in [0, 0.1) is 6.92 Å². The molecule has 5 heteroatoms. The van der Waals surface area contributed by atoms with E-state index in [0.717, 1.165) is 31.9 Å². The summed E-state index contributed by atoms with van der Waals surface area (Å²) in [5.41, 5.74) is 4.01. The van der Waals surface area contributed by atoms with E-state index in [1.54, 1.807) is 0 Å². The van der Waals surface area contributed by atoms with Crippen molar-refractivity contribution in [1.82, 2.24) is 0 Å². The van der Waals surface area contributed by atoms with Gasteiger partial charge < -0.3 is 14.5 Å². The summed E-state index contributed by atoms with van der Waals surface area (Å²) >= 11 is 0. The van der Waals surface area contributed by atoms with Crippen molar-refractivity contribution in [3.63, 3.8) is 0 Å². The molecule has 0 radical (unpaired) electrons. The van der Waals surface area contributed by atoms with Crippen LogP contribution in [0.25, 0.3) is 0 Å².